The van der Waals surface area contributed by atoms with Crippen molar-refractivity contribution in [2.45, 2.75) is 46.5 Å². The molecule has 0 atom stereocenters. The summed E-state index contributed by atoms with van der Waals surface area (Å²) in [5, 5.41) is 6.70. The molecule has 0 heterocycles. The normalized spacial score (nSPS) is 12.0. The van der Waals surface area contributed by atoms with Crippen molar-refractivity contribution in [1.82, 2.24) is 15.5 Å². The highest BCUT2D eigenvalue weighted by Crippen LogP contribution is 2.21. The van der Waals surface area contributed by atoms with E-state index in [-0.39, 0.29) is 5.91 Å². The molecule has 0 fully saturated rings. The quantitative estimate of drug-likeness (QED) is 0.425. The molecule has 0 bridgehead atoms. The zero-order chi connectivity index (χ0) is 19.6. The Hall–Kier alpha value is -2.04. The Bertz CT molecular complexity index is 588. The number of hydrogen-bond acceptors (Lipinski definition) is 2. The van der Waals surface area contributed by atoms with E-state index in [0.29, 0.717) is 5.41 Å². The van der Waals surface area contributed by atoms with Gasteiger partial charge < -0.3 is 15.5 Å². The van der Waals surface area contributed by atoms with Gasteiger partial charge in [0, 0.05) is 39.8 Å². The van der Waals surface area contributed by atoms with Crippen LogP contribution >= 0.6 is 0 Å². The van der Waals surface area contributed by atoms with Crippen LogP contribution in [-0.2, 0) is 6.42 Å². The zero-order valence-electron chi connectivity index (χ0n) is 17.4. The number of benzene rings is 1. The first-order valence-corrected chi connectivity index (χ1v) is 9.48. The molecule has 5 nitrogen and oxygen atoms in total. The summed E-state index contributed by atoms with van der Waals surface area (Å²) in [6.45, 7) is 8.55. The minimum absolute atomic E-state index is 0.0348. The summed E-state index contributed by atoms with van der Waals surface area (Å²) >= 11 is 0. The van der Waals surface area contributed by atoms with Crippen molar-refractivity contribution in [3.8, 4) is 0 Å². The van der Waals surface area contributed by atoms with Gasteiger partial charge in [-0.2, -0.15) is 0 Å². The Labute approximate surface area is 159 Å². The van der Waals surface area contributed by atoms with Crippen molar-refractivity contribution >= 4 is 11.9 Å². The van der Waals surface area contributed by atoms with Crippen LogP contribution in [0.2, 0.25) is 0 Å². The van der Waals surface area contributed by atoms with Gasteiger partial charge in [0.1, 0.15) is 0 Å². The average molecular weight is 361 g/mol. The van der Waals surface area contributed by atoms with Crippen molar-refractivity contribution < 1.29 is 4.79 Å². The minimum Gasteiger partial charge on any atom is -0.356 e. The molecule has 146 valence electrons. The Balaban J connectivity index is 2.34. The summed E-state index contributed by atoms with van der Waals surface area (Å²) in [5.74, 6) is 0.869. The van der Waals surface area contributed by atoms with Crippen molar-refractivity contribution in [3.05, 3.63) is 35.4 Å². The largest absolute Gasteiger partial charge is 0.356 e. The second-order valence-electron chi connectivity index (χ2n) is 8.09. The molecule has 0 radical (unpaired) electrons. The summed E-state index contributed by atoms with van der Waals surface area (Å²) < 4.78 is 0. The summed E-state index contributed by atoms with van der Waals surface area (Å²) in [7, 11) is 5.34. The van der Waals surface area contributed by atoms with E-state index in [1.54, 1.807) is 26.0 Å². The fraction of sp³-hybridized carbons (Fsp3) is 0.619. The van der Waals surface area contributed by atoms with Crippen molar-refractivity contribution in [3.63, 3.8) is 0 Å². The maximum Gasteiger partial charge on any atom is 0.253 e. The zero-order valence-corrected chi connectivity index (χ0v) is 17.4. The summed E-state index contributed by atoms with van der Waals surface area (Å²) in [4.78, 5) is 17.9. The molecule has 0 aliphatic heterocycles. The Morgan fingerprint density at radius 2 is 1.81 bits per heavy atom. The van der Waals surface area contributed by atoms with Crippen LogP contribution in [0.5, 0.6) is 0 Å². The average Bonchev–Trinajstić information content (AvgIpc) is 2.58. The maximum absolute atomic E-state index is 12.0. The van der Waals surface area contributed by atoms with Crippen LogP contribution in [0.25, 0.3) is 0 Å². The van der Waals surface area contributed by atoms with Gasteiger partial charge in [0.15, 0.2) is 5.96 Å². The van der Waals surface area contributed by atoms with Gasteiger partial charge in [-0.3, -0.25) is 9.79 Å². The lowest BCUT2D eigenvalue weighted by atomic mass is 9.90. The molecule has 0 saturated heterocycles. The van der Waals surface area contributed by atoms with E-state index in [9.17, 15) is 4.79 Å². The number of rotatable bonds is 8. The van der Waals surface area contributed by atoms with Crippen LogP contribution in [0.4, 0.5) is 0 Å². The first kappa shape index (κ1) is 22.0. The number of unbranched alkanes of at least 4 members (excludes halogenated alkanes) is 1. The molecule has 5 heteroatoms. The Morgan fingerprint density at radius 3 is 2.42 bits per heavy atom. The smallest absolute Gasteiger partial charge is 0.253 e. The third kappa shape index (κ3) is 8.88. The van der Waals surface area contributed by atoms with E-state index >= 15 is 0 Å². The van der Waals surface area contributed by atoms with Crippen LogP contribution in [-0.4, -0.2) is 51.0 Å². The highest BCUT2D eigenvalue weighted by Gasteiger charge is 2.09. The lowest BCUT2D eigenvalue weighted by molar-refractivity contribution is 0.0827. The number of carbonyl (C=O) groups is 1. The van der Waals surface area contributed by atoms with Gasteiger partial charge in [0.2, 0.25) is 0 Å². The summed E-state index contributed by atoms with van der Waals surface area (Å²) in [6.07, 6.45) is 4.45. The fourth-order valence-corrected chi connectivity index (χ4v) is 2.65. The molecule has 0 unspecified atom stereocenters. The maximum atomic E-state index is 12.0. The van der Waals surface area contributed by atoms with Crippen LogP contribution in [0.3, 0.4) is 0 Å². The lowest BCUT2D eigenvalue weighted by Gasteiger charge is -2.18. The first-order chi connectivity index (χ1) is 12.2. The van der Waals surface area contributed by atoms with Gasteiger partial charge in [0.25, 0.3) is 5.91 Å². The Morgan fingerprint density at radius 1 is 1.12 bits per heavy atom. The molecule has 1 rings (SSSR count). The van der Waals surface area contributed by atoms with E-state index in [0.717, 1.165) is 43.0 Å². The van der Waals surface area contributed by atoms with Gasteiger partial charge in [-0.05, 0) is 42.4 Å². The molecule has 0 spiro atoms. The highest BCUT2D eigenvalue weighted by atomic mass is 16.2. The van der Waals surface area contributed by atoms with Crippen molar-refractivity contribution in [2.24, 2.45) is 10.4 Å². The fourth-order valence-electron chi connectivity index (χ4n) is 2.65. The predicted molar refractivity (Wildman–Crippen MR) is 111 cm³/mol. The van der Waals surface area contributed by atoms with Crippen LogP contribution in [0, 0.1) is 5.41 Å². The monoisotopic (exact) mass is 360 g/mol. The second-order valence-corrected chi connectivity index (χ2v) is 8.09. The Kier molecular flexibility index (Phi) is 9.17. The number of guanidine groups is 1. The van der Waals surface area contributed by atoms with Crippen molar-refractivity contribution in [1.29, 1.82) is 0 Å². The van der Waals surface area contributed by atoms with Gasteiger partial charge in [-0.15, -0.1) is 0 Å². The third-order valence-electron chi connectivity index (χ3n) is 4.16. The van der Waals surface area contributed by atoms with E-state index in [1.165, 1.54) is 12.8 Å². The summed E-state index contributed by atoms with van der Waals surface area (Å²) in [5.41, 5.74) is 2.28. The molecule has 2 N–H and O–H groups in total. The summed E-state index contributed by atoms with van der Waals surface area (Å²) in [6, 6.07) is 7.81. The number of hydrogen-bond donors (Lipinski definition) is 2. The minimum atomic E-state index is 0.0348. The SMILES string of the molecule is CN=C(NCCCCC(C)(C)C)NCCc1cccc(C(=O)N(C)C)c1. The number of nitrogens with zero attached hydrogens (tertiary/aromatic N) is 2. The van der Waals surface area contributed by atoms with Crippen LogP contribution in [0.15, 0.2) is 29.3 Å². The number of amides is 1. The molecule has 1 aromatic carbocycles. The van der Waals surface area contributed by atoms with Crippen molar-refractivity contribution in [2.75, 3.05) is 34.2 Å². The van der Waals surface area contributed by atoms with Gasteiger partial charge in [0.05, 0.1) is 0 Å². The van der Waals surface area contributed by atoms with Crippen LogP contribution in [0.1, 0.15) is 56.0 Å². The molecule has 26 heavy (non-hydrogen) atoms. The number of nitrogens with one attached hydrogen (secondary N) is 2. The van der Waals surface area contributed by atoms with E-state index < -0.39 is 0 Å². The molecule has 0 saturated carbocycles. The number of aliphatic imine (C=N–C) groups is 1. The second kappa shape index (κ2) is 10.8. The van der Waals surface area contributed by atoms with Gasteiger partial charge >= 0.3 is 0 Å². The van der Waals surface area contributed by atoms with Gasteiger partial charge in [-0.1, -0.05) is 39.3 Å². The standard InChI is InChI=1S/C21H36N4O/c1-21(2,3)13-7-8-14-23-20(22-4)24-15-12-17-10-9-11-18(16-17)19(26)25(5)6/h9-11,16H,7-8,12-15H2,1-6H3,(H2,22,23,24). The third-order valence-corrected chi connectivity index (χ3v) is 4.16. The van der Waals surface area contributed by atoms with Gasteiger partial charge in [-0.25, -0.2) is 0 Å². The topological polar surface area (TPSA) is 56.7 Å². The first-order valence-electron chi connectivity index (χ1n) is 9.48. The molecule has 0 aromatic heterocycles. The molecule has 1 amide bonds. The predicted octanol–water partition coefficient (Wildman–Crippen LogP) is 3.31. The van der Waals surface area contributed by atoms with E-state index in [2.05, 4.69) is 42.5 Å². The molecule has 0 aliphatic carbocycles. The van der Waals surface area contributed by atoms with Crippen LogP contribution < -0.4 is 10.6 Å². The molecular formula is C21H36N4O. The number of carbonyl (C=O) groups excluding carboxylic acids is 1. The van der Waals surface area contributed by atoms with E-state index in [4.69, 9.17) is 0 Å². The molecule has 0 aliphatic rings. The molecular weight excluding hydrogens is 324 g/mol. The van der Waals surface area contributed by atoms with E-state index in [1.807, 2.05) is 18.2 Å². The lowest BCUT2D eigenvalue weighted by Crippen LogP contribution is -2.38. The molecule has 1 aromatic rings. The highest BCUT2D eigenvalue weighted by molar-refractivity contribution is 5.94.